The van der Waals surface area contributed by atoms with E-state index in [0.29, 0.717) is 33.7 Å². The van der Waals surface area contributed by atoms with Crippen molar-refractivity contribution in [3.63, 3.8) is 0 Å². The van der Waals surface area contributed by atoms with Crippen molar-refractivity contribution in [3.8, 4) is 5.75 Å². The van der Waals surface area contributed by atoms with Gasteiger partial charge in [0.25, 0.3) is 5.91 Å². The number of ether oxygens (including phenoxy) is 1. The largest absolute Gasteiger partial charge is 0.497 e. The Morgan fingerprint density at radius 1 is 1.18 bits per heavy atom. The number of aromatic nitrogens is 3. The van der Waals surface area contributed by atoms with Crippen LogP contribution in [0.5, 0.6) is 5.75 Å². The molecule has 176 valence electrons. The average molecular weight is 526 g/mol. The van der Waals surface area contributed by atoms with Gasteiger partial charge in [-0.25, -0.2) is 0 Å². The van der Waals surface area contributed by atoms with Gasteiger partial charge < -0.3 is 14.6 Å². The Morgan fingerprint density at radius 2 is 1.94 bits per heavy atom. The molecule has 0 unspecified atom stereocenters. The van der Waals surface area contributed by atoms with Crippen molar-refractivity contribution < 1.29 is 9.53 Å². The lowest BCUT2D eigenvalue weighted by molar-refractivity contribution is 0.0933. The molecule has 0 fully saturated rings. The molecule has 2 aromatic carbocycles. The second kappa shape index (κ2) is 12.6. The maximum absolute atomic E-state index is 12.9. The normalized spacial score (nSPS) is 11.9. The van der Waals surface area contributed by atoms with Crippen LogP contribution < -0.4 is 10.1 Å². The van der Waals surface area contributed by atoms with Crippen LogP contribution >= 0.6 is 46.7 Å². The van der Waals surface area contributed by atoms with Gasteiger partial charge in [0.2, 0.25) is 0 Å². The Labute approximate surface area is 212 Å². The average Bonchev–Trinajstić information content (AvgIpc) is 3.23. The lowest BCUT2D eigenvalue weighted by Gasteiger charge is -2.19. The Hall–Kier alpha value is -1.87. The van der Waals surface area contributed by atoms with E-state index in [2.05, 4.69) is 15.5 Å². The van der Waals surface area contributed by atoms with Crippen molar-refractivity contribution in [2.45, 2.75) is 36.8 Å². The molecule has 33 heavy (non-hydrogen) atoms. The summed E-state index contributed by atoms with van der Waals surface area (Å²) in [5.41, 5.74) is 1.55. The molecular formula is C23H26Cl2N4O2S2. The number of carbonyl (C=O) groups excluding carboxylic acids is 1. The first-order chi connectivity index (χ1) is 16.0. The van der Waals surface area contributed by atoms with Gasteiger partial charge in [0.1, 0.15) is 5.75 Å². The number of methoxy groups -OCH3 is 1. The van der Waals surface area contributed by atoms with Gasteiger partial charge in [-0.3, -0.25) is 4.79 Å². The minimum absolute atomic E-state index is 0.156. The molecule has 0 saturated heterocycles. The molecule has 0 saturated carbocycles. The predicted octanol–water partition coefficient (Wildman–Crippen LogP) is 6.13. The number of hydrogen-bond acceptors (Lipinski definition) is 6. The quantitative estimate of drug-likeness (QED) is 0.304. The van der Waals surface area contributed by atoms with Gasteiger partial charge in [0.15, 0.2) is 11.0 Å². The van der Waals surface area contributed by atoms with Crippen LogP contribution in [0.2, 0.25) is 10.0 Å². The summed E-state index contributed by atoms with van der Waals surface area (Å²) < 4.78 is 7.23. The lowest BCUT2D eigenvalue weighted by Crippen LogP contribution is -2.31. The van der Waals surface area contributed by atoms with Gasteiger partial charge in [0.05, 0.1) is 13.2 Å². The van der Waals surface area contributed by atoms with Crippen LogP contribution in [0.3, 0.4) is 0 Å². The second-order valence-corrected chi connectivity index (χ2v) is 9.92. The van der Waals surface area contributed by atoms with Gasteiger partial charge in [0, 0.05) is 27.9 Å². The first-order valence-corrected chi connectivity index (χ1v) is 13.5. The van der Waals surface area contributed by atoms with E-state index in [1.807, 2.05) is 29.9 Å². The molecular weight excluding hydrogens is 499 g/mol. The molecule has 0 aliphatic rings. The fourth-order valence-electron chi connectivity index (χ4n) is 3.23. The number of rotatable bonds is 11. The zero-order chi connectivity index (χ0) is 23.8. The monoisotopic (exact) mass is 524 g/mol. The molecule has 1 amide bonds. The molecule has 1 N–H and O–H groups in total. The summed E-state index contributed by atoms with van der Waals surface area (Å²) >= 11 is 15.6. The Bertz CT molecular complexity index is 1080. The highest BCUT2D eigenvalue weighted by atomic mass is 35.5. The highest BCUT2D eigenvalue weighted by molar-refractivity contribution is 7.98. The number of carbonyl (C=O) groups is 1. The number of hydrogen-bond donors (Lipinski definition) is 1. The zero-order valence-corrected chi connectivity index (χ0v) is 21.8. The van der Waals surface area contributed by atoms with Crippen LogP contribution in [0.15, 0.2) is 47.6 Å². The third-order valence-corrected chi connectivity index (χ3v) is 7.26. The summed E-state index contributed by atoms with van der Waals surface area (Å²) in [6.07, 6.45) is 2.79. The van der Waals surface area contributed by atoms with Crippen molar-refractivity contribution in [2.75, 3.05) is 19.1 Å². The third kappa shape index (κ3) is 6.82. The Balaban J connectivity index is 1.78. The molecule has 3 aromatic rings. The molecule has 3 rings (SSSR count). The molecule has 6 nitrogen and oxygen atoms in total. The number of halogens is 2. The fourth-order valence-corrected chi connectivity index (χ4v) is 5.27. The summed E-state index contributed by atoms with van der Waals surface area (Å²) in [7, 11) is 1.60. The number of benzene rings is 2. The molecule has 0 radical (unpaired) electrons. The number of nitrogens with one attached hydrogen (secondary N) is 1. The fraction of sp³-hybridized carbons (Fsp3) is 0.348. The Morgan fingerprint density at radius 3 is 2.58 bits per heavy atom. The van der Waals surface area contributed by atoms with E-state index in [0.717, 1.165) is 28.7 Å². The predicted molar refractivity (Wildman–Crippen MR) is 138 cm³/mol. The summed E-state index contributed by atoms with van der Waals surface area (Å²) in [4.78, 5) is 12.9. The number of nitrogens with zero attached hydrogens (tertiary/aromatic N) is 3. The minimum Gasteiger partial charge on any atom is -0.497 e. The van der Waals surface area contributed by atoms with E-state index in [-0.39, 0.29) is 11.9 Å². The van der Waals surface area contributed by atoms with E-state index < -0.39 is 0 Å². The SMILES string of the molecule is CCn1c(SCc2ccc(Cl)cc2Cl)nnc1[C@@H](CCSC)NC(=O)c1ccc(OC)cc1. The summed E-state index contributed by atoms with van der Waals surface area (Å²) in [6, 6.07) is 12.3. The van der Waals surface area contributed by atoms with Crippen molar-refractivity contribution in [1.82, 2.24) is 20.1 Å². The summed E-state index contributed by atoms with van der Waals surface area (Å²) in [5.74, 6) is 2.82. The first-order valence-electron chi connectivity index (χ1n) is 10.4. The first kappa shape index (κ1) is 25.7. The van der Waals surface area contributed by atoms with E-state index in [4.69, 9.17) is 27.9 Å². The smallest absolute Gasteiger partial charge is 0.251 e. The third-order valence-electron chi connectivity index (χ3n) is 5.01. The summed E-state index contributed by atoms with van der Waals surface area (Å²) in [5, 5.41) is 14.0. The van der Waals surface area contributed by atoms with Crippen LogP contribution in [-0.2, 0) is 12.3 Å². The van der Waals surface area contributed by atoms with E-state index >= 15 is 0 Å². The molecule has 1 atom stereocenters. The molecule has 1 heterocycles. The molecule has 1 aromatic heterocycles. The van der Waals surface area contributed by atoms with Gasteiger partial charge in [-0.05, 0) is 67.3 Å². The van der Waals surface area contributed by atoms with Crippen molar-refractivity contribution >= 4 is 52.6 Å². The van der Waals surface area contributed by atoms with Gasteiger partial charge in [-0.2, -0.15) is 11.8 Å². The van der Waals surface area contributed by atoms with Crippen molar-refractivity contribution in [1.29, 1.82) is 0 Å². The summed E-state index contributed by atoms with van der Waals surface area (Å²) in [6.45, 7) is 2.73. The topological polar surface area (TPSA) is 69.0 Å². The minimum atomic E-state index is -0.257. The van der Waals surface area contributed by atoms with Crippen LogP contribution in [0.1, 0.15) is 41.1 Å². The molecule has 0 aliphatic heterocycles. The van der Waals surface area contributed by atoms with Crippen molar-refractivity contribution in [3.05, 3.63) is 69.5 Å². The van der Waals surface area contributed by atoms with E-state index in [1.54, 1.807) is 61.0 Å². The van der Waals surface area contributed by atoms with Crippen LogP contribution in [0.4, 0.5) is 0 Å². The number of thioether (sulfide) groups is 2. The van der Waals surface area contributed by atoms with Gasteiger partial charge >= 0.3 is 0 Å². The zero-order valence-electron chi connectivity index (χ0n) is 18.7. The van der Waals surface area contributed by atoms with Crippen LogP contribution in [0, 0.1) is 0 Å². The maximum atomic E-state index is 12.9. The van der Waals surface area contributed by atoms with E-state index in [1.165, 1.54) is 0 Å². The molecule has 10 heteroatoms. The molecule has 0 bridgehead atoms. The maximum Gasteiger partial charge on any atom is 0.251 e. The van der Waals surface area contributed by atoms with Gasteiger partial charge in [-0.15, -0.1) is 10.2 Å². The van der Waals surface area contributed by atoms with E-state index in [9.17, 15) is 4.79 Å². The second-order valence-electron chi connectivity index (χ2n) is 7.15. The van der Waals surface area contributed by atoms with Crippen LogP contribution in [-0.4, -0.2) is 39.8 Å². The van der Waals surface area contributed by atoms with Crippen molar-refractivity contribution in [2.24, 2.45) is 0 Å². The van der Waals surface area contributed by atoms with Crippen LogP contribution in [0.25, 0.3) is 0 Å². The molecule has 0 spiro atoms. The molecule has 0 aliphatic carbocycles. The Kier molecular flexibility index (Phi) is 9.79. The standard InChI is InChI=1S/C23H26Cl2N4O2S2/c1-4-29-21(27-28-23(29)33-14-16-5-8-17(24)13-19(16)25)20(11-12-32-3)26-22(30)15-6-9-18(31-2)10-7-15/h5-10,13,20H,4,11-12,14H2,1-3H3,(H,26,30)/t20-/m1/s1. The number of amides is 1. The lowest BCUT2D eigenvalue weighted by atomic mass is 10.1. The highest BCUT2D eigenvalue weighted by Gasteiger charge is 2.23. The van der Waals surface area contributed by atoms with Gasteiger partial charge in [-0.1, -0.05) is 41.0 Å². The highest BCUT2D eigenvalue weighted by Crippen LogP contribution is 2.30.